The van der Waals surface area contributed by atoms with Crippen molar-refractivity contribution < 1.29 is 19.1 Å². The van der Waals surface area contributed by atoms with Gasteiger partial charge in [0.25, 0.3) is 5.91 Å². The van der Waals surface area contributed by atoms with Gasteiger partial charge in [0.2, 0.25) is 0 Å². The quantitative estimate of drug-likeness (QED) is 0.112. The predicted octanol–water partition coefficient (Wildman–Crippen LogP) is 5.87. The van der Waals surface area contributed by atoms with Gasteiger partial charge in [-0.2, -0.15) is 5.10 Å². The van der Waals surface area contributed by atoms with E-state index in [0.29, 0.717) is 21.3 Å². The van der Waals surface area contributed by atoms with Gasteiger partial charge in [0.1, 0.15) is 5.75 Å². The zero-order chi connectivity index (χ0) is 23.1. The molecule has 0 fully saturated rings. The molecule has 0 aliphatic carbocycles. The molecule has 0 radical (unpaired) electrons. The molecule has 3 rings (SSSR count). The number of aryl methyl sites for hydroxylation is 1. The SMILES string of the molecule is Cc1ccc(OCC(=O)N/N=C\c2cc(Br)cc(Br)c2OC(=O)c2ccccc2I)cc1. The lowest BCUT2D eigenvalue weighted by Gasteiger charge is -2.11. The van der Waals surface area contributed by atoms with E-state index in [-0.39, 0.29) is 12.4 Å². The minimum atomic E-state index is -0.497. The maximum absolute atomic E-state index is 12.7. The van der Waals surface area contributed by atoms with Gasteiger partial charge < -0.3 is 9.47 Å². The van der Waals surface area contributed by atoms with Crippen LogP contribution in [0.25, 0.3) is 0 Å². The molecule has 3 aromatic rings. The lowest BCUT2D eigenvalue weighted by Crippen LogP contribution is -2.24. The second-order valence-corrected chi connectivity index (χ2v) is 9.50. The van der Waals surface area contributed by atoms with Crippen LogP contribution in [0.1, 0.15) is 21.5 Å². The van der Waals surface area contributed by atoms with Gasteiger partial charge in [-0.3, -0.25) is 4.79 Å². The number of rotatable bonds is 7. The molecule has 32 heavy (non-hydrogen) atoms. The molecule has 164 valence electrons. The van der Waals surface area contributed by atoms with E-state index >= 15 is 0 Å². The first-order valence-electron chi connectivity index (χ1n) is 9.30. The van der Waals surface area contributed by atoms with Crippen LogP contribution in [0.3, 0.4) is 0 Å². The molecule has 0 heterocycles. The molecule has 0 aromatic heterocycles. The summed E-state index contributed by atoms with van der Waals surface area (Å²) in [6.07, 6.45) is 1.40. The van der Waals surface area contributed by atoms with Crippen LogP contribution in [0.5, 0.6) is 11.5 Å². The largest absolute Gasteiger partial charge is 0.484 e. The van der Waals surface area contributed by atoms with Crippen LogP contribution < -0.4 is 14.9 Å². The van der Waals surface area contributed by atoms with Crippen molar-refractivity contribution >= 4 is 72.5 Å². The third-order valence-corrected chi connectivity index (χ3v) is 6.10. The number of amides is 1. The molecule has 0 aliphatic heterocycles. The van der Waals surface area contributed by atoms with Crippen LogP contribution in [0.2, 0.25) is 0 Å². The van der Waals surface area contributed by atoms with Crippen LogP contribution in [0, 0.1) is 10.5 Å². The number of hydrazone groups is 1. The van der Waals surface area contributed by atoms with Gasteiger partial charge in [-0.25, -0.2) is 10.2 Å². The highest BCUT2D eigenvalue weighted by Crippen LogP contribution is 2.33. The number of nitrogens with zero attached hydrogens (tertiary/aromatic N) is 1. The second kappa shape index (κ2) is 11.6. The van der Waals surface area contributed by atoms with Crippen LogP contribution in [-0.2, 0) is 4.79 Å². The molecule has 0 spiro atoms. The number of carbonyl (C=O) groups excluding carboxylic acids is 2. The summed E-state index contributed by atoms with van der Waals surface area (Å²) in [5.74, 6) is -0.0429. The summed E-state index contributed by atoms with van der Waals surface area (Å²) in [7, 11) is 0. The fraction of sp³-hybridized carbons (Fsp3) is 0.0870. The van der Waals surface area contributed by atoms with Crippen molar-refractivity contribution in [1.82, 2.24) is 5.43 Å². The number of carbonyl (C=O) groups is 2. The van der Waals surface area contributed by atoms with Gasteiger partial charge in [-0.15, -0.1) is 0 Å². The Morgan fingerprint density at radius 1 is 1.09 bits per heavy atom. The average molecular weight is 672 g/mol. The smallest absolute Gasteiger partial charge is 0.344 e. The summed E-state index contributed by atoms with van der Waals surface area (Å²) >= 11 is 8.90. The van der Waals surface area contributed by atoms with Crippen molar-refractivity contribution in [3.05, 3.63) is 89.9 Å². The Balaban J connectivity index is 1.68. The van der Waals surface area contributed by atoms with E-state index in [2.05, 4.69) is 65.0 Å². The van der Waals surface area contributed by atoms with E-state index < -0.39 is 11.9 Å². The highest BCUT2D eigenvalue weighted by atomic mass is 127. The first kappa shape index (κ1) is 24.4. The summed E-state index contributed by atoms with van der Waals surface area (Å²) in [6, 6.07) is 18.0. The minimum absolute atomic E-state index is 0.184. The van der Waals surface area contributed by atoms with Gasteiger partial charge in [-0.1, -0.05) is 45.8 Å². The van der Waals surface area contributed by atoms with Crippen molar-refractivity contribution in [2.75, 3.05) is 6.61 Å². The number of hydrogen-bond donors (Lipinski definition) is 1. The molecule has 0 atom stereocenters. The monoisotopic (exact) mass is 670 g/mol. The molecule has 6 nitrogen and oxygen atoms in total. The first-order chi connectivity index (χ1) is 15.3. The standard InChI is InChI=1S/C23H17Br2IN2O4/c1-14-6-8-17(9-7-14)31-13-21(29)28-27-12-15-10-16(24)11-19(25)22(15)32-23(30)18-4-2-3-5-20(18)26/h2-12H,13H2,1H3,(H,28,29)/b27-12-. The van der Waals surface area contributed by atoms with E-state index in [0.717, 1.165) is 13.6 Å². The van der Waals surface area contributed by atoms with Gasteiger partial charge in [0.05, 0.1) is 16.3 Å². The lowest BCUT2D eigenvalue weighted by atomic mass is 10.2. The number of ether oxygens (including phenoxy) is 2. The average Bonchev–Trinajstić information content (AvgIpc) is 2.76. The summed E-state index contributed by atoms with van der Waals surface area (Å²) < 4.78 is 13.1. The van der Waals surface area contributed by atoms with Crippen molar-refractivity contribution in [3.63, 3.8) is 0 Å². The molecular formula is C23H17Br2IN2O4. The Bertz CT molecular complexity index is 1170. The fourth-order valence-corrected chi connectivity index (χ4v) is 4.49. The van der Waals surface area contributed by atoms with Crippen molar-refractivity contribution in [2.24, 2.45) is 5.10 Å². The summed E-state index contributed by atoms with van der Waals surface area (Å²) in [6.45, 7) is 1.79. The molecular weight excluding hydrogens is 655 g/mol. The van der Waals surface area contributed by atoms with Gasteiger partial charge in [0, 0.05) is 13.6 Å². The topological polar surface area (TPSA) is 77.0 Å². The molecule has 1 amide bonds. The fourth-order valence-electron chi connectivity index (χ4n) is 2.55. The van der Waals surface area contributed by atoms with E-state index in [9.17, 15) is 9.59 Å². The van der Waals surface area contributed by atoms with Gasteiger partial charge >= 0.3 is 5.97 Å². The third-order valence-electron chi connectivity index (χ3n) is 4.11. The van der Waals surface area contributed by atoms with Crippen molar-refractivity contribution in [1.29, 1.82) is 0 Å². The Morgan fingerprint density at radius 2 is 1.81 bits per heavy atom. The lowest BCUT2D eigenvalue weighted by molar-refractivity contribution is -0.123. The maximum atomic E-state index is 12.7. The highest BCUT2D eigenvalue weighted by molar-refractivity contribution is 14.1. The van der Waals surface area contributed by atoms with Crippen LogP contribution in [0.4, 0.5) is 0 Å². The van der Waals surface area contributed by atoms with E-state index in [1.807, 2.05) is 31.2 Å². The highest BCUT2D eigenvalue weighted by Gasteiger charge is 2.17. The number of nitrogens with one attached hydrogen (secondary N) is 1. The predicted molar refractivity (Wildman–Crippen MR) is 138 cm³/mol. The molecule has 0 saturated carbocycles. The Labute approximate surface area is 215 Å². The van der Waals surface area contributed by atoms with Crippen molar-refractivity contribution in [2.45, 2.75) is 6.92 Å². The van der Waals surface area contributed by atoms with Crippen molar-refractivity contribution in [3.8, 4) is 11.5 Å². The molecule has 0 unspecified atom stereocenters. The Morgan fingerprint density at radius 3 is 2.53 bits per heavy atom. The van der Waals surface area contributed by atoms with E-state index in [1.165, 1.54) is 6.21 Å². The molecule has 0 aliphatic rings. The van der Waals surface area contributed by atoms with Crippen LogP contribution in [0.15, 0.2) is 74.7 Å². The van der Waals surface area contributed by atoms with E-state index in [4.69, 9.17) is 9.47 Å². The molecule has 0 saturated heterocycles. The number of halogens is 3. The number of hydrogen-bond acceptors (Lipinski definition) is 5. The Hall–Kier alpha value is -2.24. The van der Waals surface area contributed by atoms with Gasteiger partial charge in [0.15, 0.2) is 12.4 Å². The maximum Gasteiger partial charge on any atom is 0.344 e. The Kier molecular flexibility index (Phi) is 8.83. The minimum Gasteiger partial charge on any atom is -0.484 e. The molecule has 0 bridgehead atoms. The number of benzene rings is 3. The number of esters is 1. The van der Waals surface area contributed by atoms with Crippen LogP contribution >= 0.6 is 54.5 Å². The zero-order valence-corrected chi connectivity index (χ0v) is 22.1. The molecule has 3 aromatic carbocycles. The molecule has 9 heteroatoms. The second-order valence-electron chi connectivity index (χ2n) is 6.57. The zero-order valence-electron chi connectivity index (χ0n) is 16.8. The summed E-state index contributed by atoms with van der Waals surface area (Å²) in [5.41, 5.74) is 4.45. The first-order valence-corrected chi connectivity index (χ1v) is 12.0. The van der Waals surface area contributed by atoms with Crippen LogP contribution in [-0.4, -0.2) is 24.7 Å². The van der Waals surface area contributed by atoms with Gasteiger partial charge in [-0.05, 0) is 81.8 Å². The molecule has 1 N–H and O–H groups in total. The van der Waals surface area contributed by atoms with E-state index in [1.54, 1.807) is 36.4 Å². The normalized spacial score (nSPS) is 10.8. The third kappa shape index (κ3) is 6.88. The summed E-state index contributed by atoms with van der Waals surface area (Å²) in [5, 5.41) is 3.97. The summed E-state index contributed by atoms with van der Waals surface area (Å²) in [4.78, 5) is 24.7.